The summed E-state index contributed by atoms with van der Waals surface area (Å²) in [5.41, 5.74) is 0. The molecule has 116 valence electrons. The van der Waals surface area contributed by atoms with Crippen LogP contribution in [-0.2, 0) is 28.7 Å². The van der Waals surface area contributed by atoms with Crippen molar-refractivity contribution in [2.24, 2.45) is 0 Å². The number of esters is 4. The second-order valence-corrected chi connectivity index (χ2v) is 4.14. The quantitative estimate of drug-likeness (QED) is 0.551. The van der Waals surface area contributed by atoms with Crippen molar-refractivity contribution in [2.75, 3.05) is 0 Å². The highest BCUT2D eigenvalue weighted by Gasteiger charge is 2.08. The van der Waals surface area contributed by atoms with Gasteiger partial charge in [-0.15, -0.1) is 0 Å². The fourth-order valence-corrected chi connectivity index (χ4v) is 1.07. The Morgan fingerprint density at radius 1 is 0.700 bits per heavy atom. The van der Waals surface area contributed by atoms with E-state index in [4.69, 9.17) is 0 Å². The molecule has 20 heavy (non-hydrogen) atoms. The normalized spacial score (nSPS) is 9.00. The number of carbonyl (C=O) groups is 4. The standard InChI is InChI=1S/C10H18O3.C4H6O3/c1-3-5-7-9(11)13-10(12)8-6-4-2;1-3(5)7-4(2)6/h3-8H2,1-2H3;1-2H3. The maximum Gasteiger partial charge on any atom is 0.313 e. The highest BCUT2D eigenvalue weighted by molar-refractivity contribution is 5.85. The first-order chi connectivity index (χ1) is 9.33. The number of hydrogen-bond acceptors (Lipinski definition) is 6. The maximum absolute atomic E-state index is 10.9. The van der Waals surface area contributed by atoms with Crippen LogP contribution in [0.15, 0.2) is 0 Å². The summed E-state index contributed by atoms with van der Waals surface area (Å²) >= 11 is 0. The summed E-state index contributed by atoms with van der Waals surface area (Å²) in [6.45, 7) is 6.35. The van der Waals surface area contributed by atoms with Crippen molar-refractivity contribution in [1.29, 1.82) is 0 Å². The number of ether oxygens (including phenoxy) is 2. The molecular formula is C14H24O6. The minimum absolute atomic E-state index is 0.356. The van der Waals surface area contributed by atoms with Crippen molar-refractivity contribution < 1.29 is 28.7 Å². The van der Waals surface area contributed by atoms with Crippen LogP contribution >= 0.6 is 0 Å². The molecule has 6 heteroatoms. The zero-order chi connectivity index (χ0) is 16.0. The maximum atomic E-state index is 10.9. The van der Waals surface area contributed by atoms with Gasteiger partial charge in [-0.1, -0.05) is 26.7 Å². The van der Waals surface area contributed by atoms with E-state index in [-0.39, 0.29) is 11.9 Å². The van der Waals surface area contributed by atoms with E-state index in [0.717, 1.165) is 25.7 Å². The number of unbranched alkanes of at least 4 members (excludes halogenated alkanes) is 2. The number of carbonyl (C=O) groups excluding carboxylic acids is 4. The summed E-state index contributed by atoms with van der Waals surface area (Å²) in [5.74, 6) is -1.90. The van der Waals surface area contributed by atoms with Gasteiger partial charge in [-0.2, -0.15) is 0 Å². The van der Waals surface area contributed by atoms with E-state index in [2.05, 4.69) is 9.47 Å². The van der Waals surface area contributed by atoms with E-state index in [9.17, 15) is 19.2 Å². The Kier molecular flexibility index (Phi) is 14.1. The summed E-state index contributed by atoms with van der Waals surface area (Å²) in [4.78, 5) is 41.5. The minimum atomic E-state index is -0.562. The van der Waals surface area contributed by atoms with Crippen LogP contribution in [0.3, 0.4) is 0 Å². The van der Waals surface area contributed by atoms with E-state index < -0.39 is 11.9 Å². The van der Waals surface area contributed by atoms with Gasteiger partial charge in [-0.05, 0) is 12.8 Å². The van der Waals surface area contributed by atoms with E-state index in [1.165, 1.54) is 13.8 Å². The molecule has 6 nitrogen and oxygen atoms in total. The van der Waals surface area contributed by atoms with Crippen molar-refractivity contribution in [3.63, 3.8) is 0 Å². The van der Waals surface area contributed by atoms with Crippen LogP contribution in [0, 0.1) is 0 Å². The average molecular weight is 288 g/mol. The monoisotopic (exact) mass is 288 g/mol. The molecular weight excluding hydrogens is 264 g/mol. The second-order valence-electron chi connectivity index (χ2n) is 4.14. The van der Waals surface area contributed by atoms with E-state index in [1.54, 1.807) is 0 Å². The SMILES string of the molecule is CC(=O)OC(C)=O.CCCCC(=O)OC(=O)CCCC. The largest absolute Gasteiger partial charge is 0.394 e. The molecule has 0 aliphatic rings. The molecule has 0 heterocycles. The lowest BCUT2D eigenvalue weighted by Gasteiger charge is -2.00. The molecule has 0 aliphatic carbocycles. The van der Waals surface area contributed by atoms with Gasteiger partial charge in [0.05, 0.1) is 0 Å². The lowest BCUT2D eigenvalue weighted by molar-refractivity contribution is -0.160. The summed E-state index contributed by atoms with van der Waals surface area (Å²) < 4.78 is 8.55. The molecule has 0 N–H and O–H groups in total. The van der Waals surface area contributed by atoms with Crippen molar-refractivity contribution in [3.8, 4) is 0 Å². The Hall–Kier alpha value is -1.72. The van der Waals surface area contributed by atoms with Crippen LogP contribution in [0.2, 0.25) is 0 Å². The van der Waals surface area contributed by atoms with Crippen LogP contribution in [-0.4, -0.2) is 23.9 Å². The molecule has 0 bridgehead atoms. The summed E-state index contributed by atoms with van der Waals surface area (Å²) in [6.07, 6.45) is 4.18. The Morgan fingerprint density at radius 2 is 1.05 bits per heavy atom. The van der Waals surface area contributed by atoms with E-state index in [0.29, 0.717) is 12.8 Å². The molecule has 0 saturated heterocycles. The lowest BCUT2D eigenvalue weighted by atomic mass is 10.2. The lowest BCUT2D eigenvalue weighted by Crippen LogP contribution is -2.11. The highest BCUT2D eigenvalue weighted by atomic mass is 16.6. The zero-order valence-electron chi connectivity index (χ0n) is 12.7. The van der Waals surface area contributed by atoms with Gasteiger partial charge in [0.1, 0.15) is 0 Å². The highest BCUT2D eigenvalue weighted by Crippen LogP contribution is 2.00. The molecule has 0 saturated carbocycles. The molecule has 0 aromatic heterocycles. The van der Waals surface area contributed by atoms with Gasteiger partial charge >= 0.3 is 23.9 Å². The molecule has 0 atom stereocenters. The van der Waals surface area contributed by atoms with Gasteiger partial charge in [-0.25, -0.2) is 0 Å². The van der Waals surface area contributed by atoms with Gasteiger partial charge in [0.25, 0.3) is 0 Å². The van der Waals surface area contributed by atoms with Crippen LogP contribution in [0.25, 0.3) is 0 Å². The molecule has 0 fully saturated rings. The Labute approximate surface area is 119 Å². The fraction of sp³-hybridized carbons (Fsp3) is 0.714. The number of rotatable bonds is 6. The third-order valence-corrected chi connectivity index (χ3v) is 1.98. The van der Waals surface area contributed by atoms with Crippen molar-refractivity contribution in [2.45, 2.75) is 66.2 Å². The smallest absolute Gasteiger partial charge is 0.313 e. The average Bonchev–Trinajstić information content (AvgIpc) is 2.32. The summed E-state index contributed by atoms with van der Waals surface area (Å²) in [5, 5.41) is 0. The Morgan fingerprint density at radius 3 is 1.25 bits per heavy atom. The van der Waals surface area contributed by atoms with Gasteiger partial charge in [0, 0.05) is 26.7 Å². The van der Waals surface area contributed by atoms with Gasteiger partial charge in [-0.3, -0.25) is 19.2 Å². The van der Waals surface area contributed by atoms with Crippen LogP contribution in [0.1, 0.15) is 66.2 Å². The molecule has 0 aliphatic heterocycles. The number of hydrogen-bond donors (Lipinski definition) is 0. The van der Waals surface area contributed by atoms with Crippen molar-refractivity contribution >= 4 is 23.9 Å². The molecule has 0 spiro atoms. The van der Waals surface area contributed by atoms with E-state index in [1.807, 2.05) is 13.8 Å². The first-order valence-electron chi connectivity index (χ1n) is 6.75. The van der Waals surface area contributed by atoms with Crippen LogP contribution in [0.4, 0.5) is 0 Å². The summed E-state index contributed by atoms with van der Waals surface area (Å²) in [6, 6.07) is 0. The topological polar surface area (TPSA) is 86.7 Å². The summed E-state index contributed by atoms with van der Waals surface area (Å²) in [7, 11) is 0. The van der Waals surface area contributed by atoms with Crippen molar-refractivity contribution in [3.05, 3.63) is 0 Å². The molecule has 0 aromatic rings. The van der Waals surface area contributed by atoms with Crippen molar-refractivity contribution in [1.82, 2.24) is 0 Å². The molecule has 0 radical (unpaired) electrons. The molecule has 0 amide bonds. The minimum Gasteiger partial charge on any atom is -0.394 e. The first-order valence-corrected chi connectivity index (χ1v) is 6.75. The van der Waals surface area contributed by atoms with E-state index >= 15 is 0 Å². The third kappa shape index (κ3) is 18.6. The van der Waals surface area contributed by atoms with Gasteiger partial charge in [0.2, 0.25) is 0 Å². The first kappa shape index (κ1) is 20.6. The fourth-order valence-electron chi connectivity index (χ4n) is 1.07. The molecule has 0 rings (SSSR count). The molecule has 0 aromatic carbocycles. The van der Waals surface area contributed by atoms with Crippen LogP contribution < -0.4 is 0 Å². The van der Waals surface area contributed by atoms with Gasteiger partial charge < -0.3 is 9.47 Å². The second kappa shape index (κ2) is 13.7. The zero-order valence-corrected chi connectivity index (χ0v) is 12.7. The molecule has 0 unspecified atom stereocenters. The Bertz CT molecular complexity index is 292. The van der Waals surface area contributed by atoms with Gasteiger partial charge in [0.15, 0.2) is 0 Å². The Balaban J connectivity index is 0. The van der Waals surface area contributed by atoms with Crippen LogP contribution in [0.5, 0.6) is 0 Å². The predicted octanol–water partition coefficient (Wildman–Crippen LogP) is 2.53. The predicted molar refractivity (Wildman–Crippen MR) is 72.6 cm³/mol. The third-order valence-electron chi connectivity index (χ3n) is 1.98.